The third-order valence-electron chi connectivity index (χ3n) is 4.02. The number of hydrogen-bond donors (Lipinski definition) is 2. The highest BCUT2D eigenvalue weighted by Crippen LogP contribution is 2.21. The Morgan fingerprint density at radius 2 is 2.09 bits per heavy atom. The predicted octanol–water partition coefficient (Wildman–Crippen LogP) is 3.70. The minimum Gasteiger partial charge on any atom is -0.441 e. The molecular weight excluding hydrogens is 337 g/mol. The molecule has 1 aliphatic rings. The van der Waals surface area contributed by atoms with Crippen molar-refractivity contribution in [1.29, 1.82) is 0 Å². The Balaban J connectivity index is 0.00000132. The molecule has 5 nitrogen and oxygen atoms in total. The molecule has 1 aliphatic heterocycles. The second-order valence-corrected chi connectivity index (χ2v) is 5.70. The quantitative estimate of drug-likeness (QED) is 0.873. The van der Waals surface area contributed by atoms with E-state index in [1.807, 2.05) is 25.1 Å². The normalized spacial score (nSPS) is 14.8. The molecule has 2 aromatic rings. The SMILES string of the molecule is Cc1nc2ccc(NC(=O)CCC3CCNCC3)cc2o1.Cl.Cl. The molecule has 0 radical (unpaired) electrons. The number of benzene rings is 1. The number of carbonyl (C=O) groups is 1. The van der Waals surface area contributed by atoms with Gasteiger partial charge in [-0.05, 0) is 50.4 Å². The van der Waals surface area contributed by atoms with Gasteiger partial charge in [-0.3, -0.25) is 4.79 Å². The monoisotopic (exact) mass is 359 g/mol. The van der Waals surface area contributed by atoms with Gasteiger partial charge in [-0.25, -0.2) is 4.98 Å². The summed E-state index contributed by atoms with van der Waals surface area (Å²) in [7, 11) is 0. The van der Waals surface area contributed by atoms with E-state index in [-0.39, 0.29) is 30.7 Å². The van der Waals surface area contributed by atoms with Crippen LogP contribution in [-0.2, 0) is 4.79 Å². The van der Waals surface area contributed by atoms with Crippen molar-refractivity contribution in [3.63, 3.8) is 0 Å². The summed E-state index contributed by atoms with van der Waals surface area (Å²) in [6, 6.07) is 5.57. The summed E-state index contributed by atoms with van der Waals surface area (Å²) < 4.78 is 5.48. The maximum Gasteiger partial charge on any atom is 0.224 e. The number of rotatable bonds is 4. The molecule has 1 aromatic carbocycles. The summed E-state index contributed by atoms with van der Waals surface area (Å²) in [5, 5.41) is 6.28. The maximum atomic E-state index is 12.0. The molecule has 1 amide bonds. The second-order valence-electron chi connectivity index (χ2n) is 5.70. The minimum absolute atomic E-state index is 0. The molecule has 128 valence electrons. The largest absolute Gasteiger partial charge is 0.441 e. The van der Waals surface area contributed by atoms with Crippen LogP contribution in [0.15, 0.2) is 22.6 Å². The molecule has 1 fully saturated rings. The number of nitrogens with one attached hydrogen (secondary N) is 2. The van der Waals surface area contributed by atoms with Crippen molar-refractivity contribution >= 4 is 47.5 Å². The Morgan fingerprint density at radius 1 is 1.35 bits per heavy atom. The Kier molecular flexibility index (Phi) is 7.82. The fraction of sp³-hybridized carbons (Fsp3) is 0.500. The summed E-state index contributed by atoms with van der Waals surface area (Å²) in [6.07, 6.45) is 3.91. The maximum absolute atomic E-state index is 12.0. The topological polar surface area (TPSA) is 67.2 Å². The summed E-state index contributed by atoms with van der Waals surface area (Å²) in [5.74, 6) is 1.39. The minimum atomic E-state index is 0. The standard InChI is InChI=1S/C16H21N3O2.2ClH/c1-11-18-14-4-3-13(10-15(14)21-11)19-16(20)5-2-12-6-8-17-9-7-12;;/h3-4,10,12,17H,2,5-9H2,1H3,(H,19,20);2*1H. The average Bonchev–Trinajstić information content (AvgIpc) is 2.85. The van der Waals surface area contributed by atoms with Gasteiger partial charge in [0.2, 0.25) is 5.91 Å². The van der Waals surface area contributed by atoms with Crippen molar-refractivity contribution in [1.82, 2.24) is 10.3 Å². The first kappa shape index (κ1) is 19.7. The van der Waals surface area contributed by atoms with Crippen molar-refractivity contribution in [2.45, 2.75) is 32.6 Å². The van der Waals surface area contributed by atoms with Crippen molar-refractivity contribution in [3.05, 3.63) is 24.1 Å². The molecule has 0 atom stereocenters. The van der Waals surface area contributed by atoms with E-state index in [0.717, 1.165) is 30.7 Å². The van der Waals surface area contributed by atoms with Crippen molar-refractivity contribution < 1.29 is 9.21 Å². The number of carbonyl (C=O) groups excluding carboxylic acids is 1. The first-order valence-electron chi connectivity index (χ1n) is 7.58. The average molecular weight is 360 g/mol. The van der Waals surface area contributed by atoms with Gasteiger partial charge in [-0.15, -0.1) is 24.8 Å². The molecule has 2 N–H and O–H groups in total. The lowest BCUT2D eigenvalue weighted by Crippen LogP contribution is -2.28. The van der Waals surface area contributed by atoms with E-state index < -0.39 is 0 Å². The number of aromatic nitrogens is 1. The van der Waals surface area contributed by atoms with Gasteiger partial charge >= 0.3 is 0 Å². The predicted molar refractivity (Wildman–Crippen MR) is 96.7 cm³/mol. The van der Waals surface area contributed by atoms with Crippen LogP contribution in [0.2, 0.25) is 0 Å². The summed E-state index contributed by atoms with van der Waals surface area (Å²) in [4.78, 5) is 16.3. The van der Waals surface area contributed by atoms with Gasteiger partial charge in [0.15, 0.2) is 11.5 Å². The molecule has 0 saturated carbocycles. The Labute approximate surface area is 148 Å². The lowest BCUT2D eigenvalue weighted by Gasteiger charge is -2.22. The van der Waals surface area contributed by atoms with E-state index in [0.29, 0.717) is 23.8 Å². The van der Waals surface area contributed by atoms with Gasteiger partial charge in [-0.2, -0.15) is 0 Å². The number of amides is 1. The third kappa shape index (κ3) is 5.37. The fourth-order valence-electron chi connectivity index (χ4n) is 2.85. The molecule has 0 unspecified atom stereocenters. The third-order valence-corrected chi connectivity index (χ3v) is 4.02. The van der Waals surface area contributed by atoms with Crippen LogP contribution in [0.3, 0.4) is 0 Å². The van der Waals surface area contributed by atoms with E-state index in [4.69, 9.17) is 4.42 Å². The Hall–Kier alpha value is -1.30. The van der Waals surface area contributed by atoms with Crippen molar-refractivity contribution in [2.75, 3.05) is 18.4 Å². The van der Waals surface area contributed by atoms with Crippen LogP contribution in [0.5, 0.6) is 0 Å². The molecule has 23 heavy (non-hydrogen) atoms. The van der Waals surface area contributed by atoms with Gasteiger partial charge < -0.3 is 15.1 Å². The smallest absolute Gasteiger partial charge is 0.224 e. The second kappa shape index (κ2) is 9.11. The first-order valence-corrected chi connectivity index (χ1v) is 7.58. The molecule has 2 heterocycles. The van der Waals surface area contributed by atoms with Crippen LogP contribution in [0.25, 0.3) is 11.1 Å². The van der Waals surface area contributed by atoms with Crippen molar-refractivity contribution in [3.8, 4) is 0 Å². The van der Waals surface area contributed by atoms with Crippen molar-refractivity contribution in [2.24, 2.45) is 5.92 Å². The van der Waals surface area contributed by atoms with E-state index in [1.54, 1.807) is 0 Å². The molecule has 0 bridgehead atoms. The van der Waals surface area contributed by atoms with Gasteiger partial charge in [0.25, 0.3) is 0 Å². The summed E-state index contributed by atoms with van der Waals surface area (Å²) in [5.41, 5.74) is 2.30. The highest BCUT2D eigenvalue weighted by Gasteiger charge is 2.14. The Bertz CT molecular complexity index is 639. The van der Waals surface area contributed by atoms with Crippen LogP contribution < -0.4 is 10.6 Å². The highest BCUT2D eigenvalue weighted by molar-refractivity contribution is 5.92. The molecule has 3 rings (SSSR count). The van der Waals surface area contributed by atoms with Crippen LogP contribution in [0.1, 0.15) is 31.6 Å². The lowest BCUT2D eigenvalue weighted by molar-refractivity contribution is -0.116. The van der Waals surface area contributed by atoms with Gasteiger partial charge in [0.05, 0.1) is 0 Å². The number of anilines is 1. The highest BCUT2D eigenvalue weighted by atomic mass is 35.5. The van der Waals surface area contributed by atoms with E-state index in [2.05, 4.69) is 15.6 Å². The number of fused-ring (bicyclic) bond motifs is 1. The lowest BCUT2D eigenvalue weighted by atomic mass is 9.93. The zero-order valence-corrected chi connectivity index (χ0v) is 14.8. The molecule has 0 aliphatic carbocycles. The number of oxazole rings is 1. The van der Waals surface area contributed by atoms with E-state index >= 15 is 0 Å². The summed E-state index contributed by atoms with van der Waals surface area (Å²) in [6.45, 7) is 3.97. The van der Waals surface area contributed by atoms with Gasteiger partial charge in [0.1, 0.15) is 5.52 Å². The van der Waals surface area contributed by atoms with E-state index in [9.17, 15) is 4.79 Å². The van der Waals surface area contributed by atoms with E-state index in [1.165, 1.54) is 12.8 Å². The van der Waals surface area contributed by atoms with Gasteiger partial charge in [-0.1, -0.05) is 0 Å². The zero-order valence-electron chi connectivity index (χ0n) is 13.1. The zero-order chi connectivity index (χ0) is 14.7. The Morgan fingerprint density at radius 3 is 2.83 bits per heavy atom. The number of aryl methyl sites for hydroxylation is 1. The molecule has 7 heteroatoms. The van der Waals surface area contributed by atoms with Crippen LogP contribution in [-0.4, -0.2) is 24.0 Å². The number of piperidine rings is 1. The van der Waals surface area contributed by atoms with Crippen LogP contribution in [0.4, 0.5) is 5.69 Å². The van der Waals surface area contributed by atoms with Crippen LogP contribution >= 0.6 is 24.8 Å². The van der Waals surface area contributed by atoms with Crippen LogP contribution in [0, 0.1) is 12.8 Å². The number of halogens is 2. The number of hydrogen-bond acceptors (Lipinski definition) is 4. The fourth-order valence-corrected chi connectivity index (χ4v) is 2.85. The molecule has 0 spiro atoms. The molecular formula is C16H23Cl2N3O2. The first-order chi connectivity index (χ1) is 10.2. The van der Waals surface area contributed by atoms with Gasteiger partial charge in [0, 0.05) is 25.1 Å². The number of nitrogens with zero attached hydrogens (tertiary/aromatic N) is 1. The summed E-state index contributed by atoms with van der Waals surface area (Å²) >= 11 is 0. The molecule has 1 saturated heterocycles. The molecule has 1 aromatic heterocycles.